The van der Waals surface area contributed by atoms with E-state index in [-0.39, 0.29) is 5.56 Å². The van der Waals surface area contributed by atoms with E-state index in [1.807, 2.05) is 6.07 Å². The first-order chi connectivity index (χ1) is 15.9. The minimum Gasteiger partial charge on any atom is -0.336 e. The number of nitrogens with one attached hydrogen (secondary N) is 2. The van der Waals surface area contributed by atoms with Crippen LogP contribution < -0.4 is 10.6 Å². The second-order valence-electron chi connectivity index (χ2n) is 8.49. The Morgan fingerprint density at radius 1 is 1.03 bits per heavy atom. The van der Waals surface area contributed by atoms with E-state index in [1.54, 1.807) is 18.2 Å². The van der Waals surface area contributed by atoms with Crippen LogP contribution in [0.25, 0.3) is 0 Å². The van der Waals surface area contributed by atoms with Gasteiger partial charge in [-0.25, -0.2) is 13.2 Å². The van der Waals surface area contributed by atoms with Gasteiger partial charge in [-0.3, -0.25) is 10.1 Å². The van der Waals surface area contributed by atoms with Crippen LogP contribution in [0.3, 0.4) is 0 Å². The lowest BCUT2D eigenvalue weighted by Crippen LogP contribution is -2.52. The first kappa shape index (κ1) is 25.6. The summed E-state index contributed by atoms with van der Waals surface area (Å²) in [5, 5.41) is 13.7. The van der Waals surface area contributed by atoms with Crippen molar-refractivity contribution in [2.24, 2.45) is 0 Å². The molecule has 1 aliphatic rings. The average Bonchev–Trinajstić information content (AvgIpc) is 3.54. The molecule has 4 nitrogen and oxygen atoms in total. The van der Waals surface area contributed by atoms with Gasteiger partial charge in [0.1, 0.15) is 17.4 Å². The van der Waals surface area contributed by atoms with Gasteiger partial charge in [0.25, 0.3) is 5.92 Å². The Bertz CT molecular complexity index is 1010. The topological polar surface area (TPSA) is 64.9 Å². The molecule has 0 heterocycles. The van der Waals surface area contributed by atoms with E-state index in [2.05, 4.69) is 10.6 Å². The van der Waals surface area contributed by atoms with Gasteiger partial charge in [0.05, 0.1) is 12.1 Å². The van der Waals surface area contributed by atoms with Crippen molar-refractivity contribution in [2.75, 3.05) is 0 Å². The van der Waals surface area contributed by atoms with Gasteiger partial charge in [0.15, 0.2) is 0 Å². The Morgan fingerprint density at radius 2 is 1.65 bits per heavy atom. The molecule has 182 valence electrons. The van der Waals surface area contributed by atoms with E-state index in [9.17, 15) is 36.4 Å². The lowest BCUT2D eigenvalue weighted by Gasteiger charge is -2.29. The first-order valence-corrected chi connectivity index (χ1v) is 10.7. The number of alkyl halides is 5. The summed E-state index contributed by atoms with van der Waals surface area (Å²) in [5.41, 5.74) is -1.21. The maximum Gasteiger partial charge on any atom is 0.407 e. The molecule has 2 atom stereocenters. The maximum absolute atomic E-state index is 14.6. The fourth-order valence-corrected chi connectivity index (χ4v) is 3.58. The monoisotopic (exact) mass is 483 g/mol. The third-order valence-electron chi connectivity index (χ3n) is 5.65. The molecule has 0 aliphatic heterocycles. The zero-order chi connectivity index (χ0) is 25.0. The number of carbonyl (C=O) groups is 1. The highest BCUT2D eigenvalue weighted by molar-refractivity contribution is 5.83. The van der Waals surface area contributed by atoms with Gasteiger partial charge >= 0.3 is 6.18 Å². The Hall–Kier alpha value is -3.06. The van der Waals surface area contributed by atoms with Crippen molar-refractivity contribution in [1.29, 1.82) is 5.26 Å². The van der Waals surface area contributed by atoms with Crippen molar-refractivity contribution in [3.8, 4) is 6.07 Å². The number of halogens is 6. The summed E-state index contributed by atoms with van der Waals surface area (Å²) in [4.78, 5) is 12.8. The van der Waals surface area contributed by atoms with E-state index in [0.29, 0.717) is 18.4 Å². The fraction of sp³-hybridized carbons (Fsp3) is 0.417. The third-order valence-corrected chi connectivity index (χ3v) is 5.65. The normalized spacial score (nSPS) is 16.9. The number of hydrogen-bond donors (Lipinski definition) is 2. The number of rotatable bonds is 10. The number of nitriles is 1. The van der Waals surface area contributed by atoms with E-state index in [1.165, 1.54) is 12.1 Å². The van der Waals surface area contributed by atoms with Gasteiger partial charge in [-0.1, -0.05) is 42.5 Å². The van der Waals surface area contributed by atoms with Crippen LogP contribution in [0.1, 0.15) is 42.9 Å². The van der Waals surface area contributed by atoms with Gasteiger partial charge in [-0.2, -0.15) is 18.4 Å². The van der Waals surface area contributed by atoms with Crippen LogP contribution >= 0.6 is 0 Å². The highest BCUT2D eigenvalue weighted by Gasteiger charge is 2.48. The van der Waals surface area contributed by atoms with E-state index < -0.39 is 60.7 Å². The van der Waals surface area contributed by atoms with Crippen molar-refractivity contribution < 1.29 is 31.1 Å². The molecule has 0 unspecified atom stereocenters. The van der Waals surface area contributed by atoms with Crippen molar-refractivity contribution in [2.45, 2.75) is 61.8 Å². The standard InChI is InChI=1S/C24H23F6N3O/c25-18-8-6-17(7-9-18)20(24(28,29)30)32-19(21(34)33-22(15-31)12-13-22)10-11-23(26,27)14-16-4-2-1-3-5-16/h1-9,19-20,32H,10-14H2,(H,33,34)/t19-,20-/m0/s1. The van der Waals surface area contributed by atoms with E-state index in [4.69, 9.17) is 0 Å². The second kappa shape index (κ2) is 10.1. The number of nitrogens with zero attached hydrogens (tertiary/aromatic N) is 1. The molecule has 0 aromatic heterocycles. The van der Waals surface area contributed by atoms with Crippen molar-refractivity contribution in [3.05, 3.63) is 71.5 Å². The fourth-order valence-electron chi connectivity index (χ4n) is 3.58. The van der Waals surface area contributed by atoms with Crippen LogP contribution in [0.2, 0.25) is 0 Å². The summed E-state index contributed by atoms with van der Waals surface area (Å²) >= 11 is 0. The summed E-state index contributed by atoms with van der Waals surface area (Å²) in [6.45, 7) is 0. The molecule has 34 heavy (non-hydrogen) atoms. The molecule has 0 saturated heterocycles. The van der Waals surface area contributed by atoms with Crippen LogP contribution in [0, 0.1) is 17.1 Å². The van der Waals surface area contributed by atoms with E-state index in [0.717, 1.165) is 24.3 Å². The Kier molecular flexibility index (Phi) is 7.56. The second-order valence-corrected chi connectivity index (χ2v) is 8.49. The van der Waals surface area contributed by atoms with Gasteiger partial charge in [-0.15, -0.1) is 0 Å². The predicted octanol–water partition coefficient (Wildman–Crippen LogP) is 5.22. The SMILES string of the molecule is N#CC1(NC(=O)[C@H](CCC(F)(F)Cc2ccccc2)N[C@@H](c2ccc(F)cc2)C(F)(F)F)CC1. The van der Waals surface area contributed by atoms with Gasteiger partial charge < -0.3 is 5.32 Å². The first-order valence-electron chi connectivity index (χ1n) is 10.7. The summed E-state index contributed by atoms with van der Waals surface area (Å²) < 4.78 is 83.9. The lowest BCUT2D eigenvalue weighted by atomic mass is 9.98. The summed E-state index contributed by atoms with van der Waals surface area (Å²) in [7, 11) is 0. The number of benzene rings is 2. The molecule has 0 bridgehead atoms. The highest BCUT2D eigenvalue weighted by Crippen LogP contribution is 2.36. The van der Waals surface area contributed by atoms with Crippen LogP contribution in [0.15, 0.2) is 54.6 Å². The van der Waals surface area contributed by atoms with Crippen LogP contribution in [0.4, 0.5) is 26.3 Å². The average molecular weight is 483 g/mol. The Labute approximate surface area is 193 Å². The quantitative estimate of drug-likeness (QED) is 0.456. The molecule has 10 heteroatoms. The molecule has 1 fully saturated rings. The van der Waals surface area contributed by atoms with Crippen LogP contribution in [-0.4, -0.2) is 29.6 Å². The zero-order valence-corrected chi connectivity index (χ0v) is 18.0. The molecule has 2 aromatic rings. The number of carbonyl (C=O) groups excluding carboxylic acids is 1. The van der Waals surface area contributed by atoms with Gasteiger partial charge in [-0.05, 0) is 42.5 Å². The van der Waals surface area contributed by atoms with Crippen LogP contribution in [0.5, 0.6) is 0 Å². The lowest BCUT2D eigenvalue weighted by molar-refractivity contribution is -0.161. The van der Waals surface area contributed by atoms with E-state index >= 15 is 0 Å². The number of hydrogen-bond acceptors (Lipinski definition) is 3. The predicted molar refractivity (Wildman–Crippen MR) is 112 cm³/mol. The highest BCUT2D eigenvalue weighted by atomic mass is 19.4. The molecule has 1 amide bonds. The van der Waals surface area contributed by atoms with Gasteiger partial charge in [0, 0.05) is 12.8 Å². The summed E-state index contributed by atoms with van der Waals surface area (Å²) in [6.07, 6.45) is -6.35. The maximum atomic E-state index is 14.6. The third kappa shape index (κ3) is 6.97. The molecule has 0 radical (unpaired) electrons. The Morgan fingerprint density at radius 3 is 2.18 bits per heavy atom. The Balaban J connectivity index is 1.80. The number of amides is 1. The minimum atomic E-state index is -4.89. The molecule has 2 N–H and O–H groups in total. The smallest absolute Gasteiger partial charge is 0.336 e. The zero-order valence-electron chi connectivity index (χ0n) is 18.0. The molecule has 2 aromatic carbocycles. The molecule has 1 aliphatic carbocycles. The van der Waals surface area contributed by atoms with Crippen molar-refractivity contribution >= 4 is 5.91 Å². The molecule has 0 spiro atoms. The van der Waals surface area contributed by atoms with Crippen LogP contribution in [-0.2, 0) is 11.2 Å². The molecular formula is C24H23F6N3O. The summed E-state index contributed by atoms with van der Waals surface area (Å²) in [6, 6.07) is 9.21. The van der Waals surface area contributed by atoms with Gasteiger partial charge in [0.2, 0.25) is 5.91 Å². The largest absolute Gasteiger partial charge is 0.407 e. The molecule has 3 rings (SSSR count). The van der Waals surface area contributed by atoms with Crippen molar-refractivity contribution in [3.63, 3.8) is 0 Å². The molecular weight excluding hydrogens is 460 g/mol. The minimum absolute atomic E-state index is 0.326. The van der Waals surface area contributed by atoms with Crippen molar-refractivity contribution in [1.82, 2.24) is 10.6 Å². The summed E-state index contributed by atoms with van der Waals surface area (Å²) in [5.74, 6) is -4.99. The molecule has 1 saturated carbocycles.